The quantitative estimate of drug-likeness (QED) is 0.671. The predicted octanol–water partition coefficient (Wildman–Crippen LogP) is 2.35. The second-order valence-electron chi connectivity index (χ2n) is 7.28. The van der Waals surface area contributed by atoms with E-state index in [1.165, 1.54) is 17.3 Å². The van der Waals surface area contributed by atoms with Crippen LogP contribution in [0.15, 0.2) is 59.3 Å². The third-order valence-electron chi connectivity index (χ3n) is 5.42. The molecule has 1 atom stereocenters. The van der Waals surface area contributed by atoms with Crippen molar-refractivity contribution in [1.29, 1.82) is 0 Å². The van der Waals surface area contributed by atoms with Crippen molar-refractivity contribution in [3.63, 3.8) is 0 Å². The Morgan fingerprint density at radius 2 is 2.07 bits per heavy atom. The zero-order valence-corrected chi connectivity index (χ0v) is 16.7. The van der Waals surface area contributed by atoms with Crippen LogP contribution in [0.2, 0.25) is 0 Å². The van der Waals surface area contributed by atoms with E-state index in [4.69, 9.17) is 11.5 Å². The van der Waals surface area contributed by atoms with Crippen molar-refractivity contribution in [2.75, 3.05) is 18.8 Å². The zero-order chi connectivity index (χ0) is 20.4. The molecule has 0 radical (unpaired) electrons. The van der Waals surface area contributed by atoms with Crippen molar-refractivity contribution in [1.82, 2.24) is 15.2 Å². The molecule has 8 heteroatoms. The van der Waals surface area contributed by atoms with Crippen molar-refractivity contribution < 1.29 is 9.59 Å². The number of para-hydroxylation sites is 1. The minimum atomic E-state index is -0.905. The first kappa shape index (κ1) is 19.3. The number of nitrogens with two attached hydrogens (primary N) is 2. The van der Waals surface area contributed by atoms with Gasteiger partial charge in [0, 0.05) is 41.6 Å². The maximum Gasteiger partial charge on any atom is 0.317 e. The summed E-state index contributed by atoms with van der Waals surface area (Å²) in [5, 5.41) is 2.94. The van der Waals surface area contributed by atoms with Crippen LogP contribution in [0.3, 0.4) is 0 Å². The number of hydrogen-bond acceptors (Lipinski definition) is 5. The highest BCUT2D eigenvalue weighted by atomic mass is 32.2. The second kappa shape index (κ2) is 7.79. The number of anilines is 1. The smallest absolute Gasteiger partial charge is 0.317 e. The first-order valence-electron chi connectivity index (χ1n) is 9.46. The van der Waals surface area contributed by atoms with Crippen LogP contribution < -0.4 is 16.8 Å². The molecule has 0 spiro atoms. The summed E-state index contributed by atoms with van der Waals surface area (Å²) >= 11 is 1.45. The molecule has 0 fully saturated rings. The molecular weight excluding hydrogens is 386 g/mol. The van der Waals surface area contributed by atoms with Gasteiger partial charge in [-0.05, 0) is 30.5 Å². The molecule has 1 aromatic heterocycles. The van der Waals surface area contributed by atoms with Gasteiger partial charge in [0.15, 0.2) is 0 Å². The van der Waals surface area contributed by atoms with E-state index in [0.717, 1.165) is 22.5 Å². The summed E-state index contributed by atoms with van der Waals surface area (Å²) in [6.45, 7) is 1.51. The SMILES string of the molecule is NC(=O)C1(c2ccccc2N)CC2=C(CN(C(=O)NCc3cccnc3)CC2)S1. The zero-order valence-electron chi connectivity index (χ0n) is 15.9. The molecule has 1 aromatic carbocycles. The van der Waals surface area contributed by atoms with Gasteiger partial charge in [0.25, 0.3) is 0 Å². The fourth-order valence-electron chi connectivity index (χ4n) is 3.86. The normalized spacial score (nSPS) is 21.0. The van der Waals surface area contributed by atoms with Gasteiger partial charge in [0.2, 0.25) is 5.91 Å². The van der Waals surface area contributed by atoms with Crippen molar-refractivity contribution >= 4 is 29.4 Å². The highest BCUT2D eigenvalue weighted by Gasteiger charge is 2.48. The van der Waals surface area contributed by atoms with Gasteiger partial charge in [0.1, 0.15) is 4.75 Å². The third kappa shape index (κ3) is 3.67. The highest BCUT2D eigenvalue weighted by molar-refractivity contribution is 8.05. The van der Waals surface area contributed by atoms with Crippen LogP contribution in [-0.2, 0) is 16.1 Å². The van der Waals surface area contributed by atoms with E-state index in [9.17, 15) is 9.59 Å². The number of thioether (sulfide) groups is 1. The summed E-state index contributed by atoms with van der Waals surface area (Å²) in [4.78, 5) is 32.0. The molecule has 29 heavy (non-hydrogen) atoms. The van der Waals surface area contributed by atoms with Gasteiger partial charge in [-0.3, -0.25) is 9.78 Å². The molecule has 3 amide bonds. The molecule has 0 saturated heterocycles. The number of aromatic nitrogens is 1. The van der Waals surface area contributed by atoms with Crippen LogP contribution >= 0.6 is 11.8 Å². The molecular formula is C21H23N5O2S. The highest BCUT2D eigenvalue weighted by Crippen LogP contribution is 2.55. The number of urea groups is 1. The summed E-state index contributed by atoms with van der Waals surface area (Å²) in [5.74, 6) is -0.401. The number of benzene rings is 1. The van der Waals surface area contributed by atoms with Gasteiger partial charge in [-0.2, -0.15) is 0 Å². The van der Waals surface area contributed by atoms with E-state index in [1.54, 1.807) is 23.4 Å². The van der Waals surface area contributed by atoms with Gasteiger partial charge in [0.05, 0.1) is 6.54 Å². The molecule has 7 nitrogen and oxygen atoms in total. The minimum Gasteiger partial charge on any atom is -0.398 e. The first-order chi connectivity index (χ1) is 14.0. The molecule has 4 rings (SSSR count). The van der Waals surface area contributed by atoms with Gasteiger partial charge >= 0.3 is 6.03 Å². The van der Waals surface area contributed by atoms with E-state index >= 15 is 0 Å². The molecule has 0 aliphatic carbocycles. The van der Waals surface area contributed by atoms with E-state index in [2.05, 4.69) is 10.3 Å². The molecule has 5 N–H and O–H groups in total. The van der Waals surface area contributed by atoms with Crippen molar-refractivity contribution in [2.24, 2.45) is 5.73 Å². The van der Waals surface area contributed by atoms with Crippen LogP contribution in [0.25, 0.3) is 0 Å². The van der Waals surface area contributed by atoms with Crippen LogP contribution in [0.4, 0.5) is 10.5 Å². The van der Waals surface area contributed by atoms with E-state index in [1.807, 2.05) is 30.3 Å². The van der Waals surface area contributed by atoms with Gasteiger partial charge in [-0.25, -0.2) is 4.79 Å². The molecule has 2 aliphatic rings. The summed E-state index contributed by atoms with van der Waals surface area (Å²) in [6.07, 6.45) is 4.70. The van der Waals surface area contributed by atoms with Crippen LogP contribution in [0.5, 0.6) is 0 Å². The summed E-state index contributed by atoms with van der Waals surface area (Å²) in [6, 6.07) is 11.0. The molecule has 2 aliphatic heterocycles. The lowest BCUT2D eigenvalue weighted by Gasteiger charge is -2.28. The molecule has 150 valence electrons. The third-order valence-corrected chi connectivity index (χ3v) is 7.00. The Bertz CT molecular complexity index is 978. The van der Waals surface area contributed by atoms with Crippen molar-refractivity contribution in [3.05, 3.63) is 70.4 Å². The lowest BCUT2D eigenvalue weighted by Crippen LogP contribution is -2.42. The Labute approximate surface area is 173 Å². The Morgan fingerprint density at radius 3 is 2.79 bits per heavy atom. The van der Waals surface area contributed by atoms with Crippen LogP contribution in [-0.4, -0.2) is 34.9 Å². The van der Waals surface area contributed by atoms with Gasteiger partial charge in [-0.1, -0.05) is 29.8 Å². The van der Waals surface area contributed by atoms with Crippen molar-refractivity contribution in [2.45, 2.75) is 24.1 Å². The maximum absolute atomic E-state index is 12.6. The average Bonchev–Trinajstić information content (AvgIpc) is 3.13. The standard InChI is InChI=1S/C21H23N5O2S/c22-17-6-2-1-5-16(17)21(19(23)27)10-15-7-9-26(13-18(15)29-21)20(28)25-12-14-4-3-8-24-11-14/h1-6,8,11H,7,9-10,12-13,22H2,(H2,23,27)(H,25,28). The summed E-state index contributed by atoms with van der Waals surface area (Å²) in [5.41, 5.74) is 15.5. The number of carbonyl (C=O) groups excluding carboxylic acids is 2. The van der Waals surface area contributed by atoms with Crippen molar-refractivity contribution in [3.8, 4) is 0 Å². The lowest BCUT2D eigenvalue weighted by molar-refractivity contribution is -0.120. The number of nitrogens with one attached hydrogen (secondary N) is 1. The Balaban J connectivity index is 1.47. The fourth-order valence-corrected chi connectivity index (χ4v) is 5.46. The molecule has 0 bridgehead atoms. The number of hydrogen-bond donors (Lipinski definition) is 3. The number of nitrogens with zero attached hydrogens (tertiary/aromatic N) is 2. The number of amides is 3. The maximum atomic E-state index is 12.6. The number of carbonyl (C=O) groups is 2. The van der Waals surface area contributed by atoms with Crippen LogP contribution in [0, 0.1) is 0 Å². The Morgan fingerprint density at radius 1 is 1.24 bits per heavy atom. The number of pyridine rings is 1. The predicted molar refractivity (Wildman–Crippen MR) is 114 cm³/mol. The molecule has 1 unspecified atom stereocenters. The number of primary amides is 1. The van der Waals surface area contributed by atoms with Gasteiger partial charge in [-0.15, -0.1) is 11.8 Å². The van der Waals surface area contributed by atoms with Gasteiger partial charge < -0.3 is 21.7 Å². The monoisotopic (exact) mass is 409 g/mol. The number of nitrogen functional groups attached to an aromatic ring is 1. The second-order valence-corrected chi connectivity index (χ2v) is 8.67. The summed E-state index contributed by atoms with van der Waals surface area (Å²) in [7, 11) is 0. The minimum absolute atomic E-state index is 0.128. The molecule has 3 heterocycles. The Hall–Kier alpha value is -3.00. The lowest BCUT2D eigenvalue weighted by atomic mass is 9.87. The number of rotatable bonds is 4. The van der Waals surface area contributed by atoms with Crippen LogP contribution in [0.1, 0.15) is 24.0 Å². The summed E-state index contributed by atoms with van der Waals surface area (Å²) < 4.78 is -0.905. The molecule has 2 aromatic rings. The van der Waals surface area contributed by atoms with E-state index in [-0.39, 0.29) is 6.03 Å². The fraction of sp³-hybridized carbons (Fsp3) is 0.286. The van der Waals surface area contributed by atoms with E-state index < -0.39 is 10.7 Å². The largest absolute Gasteiger partial charge is 0.398 e. The van der Waals surface area contributed by atoms with E-state index in [0.29, 0.717) is 31.7 Å². The first-order valence-corrected chi connectivity index (χ1v) is 10.3. The Kier molecular flexibility index (Phi) is 5.19. The molecule has 0 saturated carbocycles. The topological polar surface area (TPSA) is 114 Å². The average molecular weight is 410 g/mol.